The van der Waals surface area contributed by atoms with Crippen LogP contribution in [-0.4, -0.2) is 12.1 Å². The van der Waals surface area contributed by atoms with E-state index in [-0.39, 0.29) is 12.1 Å². The number of rotatable bonds is 5. The van der Waals surface area contributed by atoms with Gasteiger partial charge in [0, 0.05) is 18.9 Å². The van der Waals surface area contributed by atoms with Crippen LogP contribution < -0.4 is 9.47 Å². The fourth-order valence-electron chi connectivity index (χ4n) is 1.48. The van der Waals surface area contributed by atoms with Crippen molar-refractivity contribution in [2.24, 2.45) is 0 Å². The van der Waals surface area contributed by atoms with E-state index in [4.69, 9.17) is 9.47 Å². The van der Waals surface area contributed by atoms with Crippen LogP contribution in [0.15, 0.2) is 30.9 Å². The molecule has 1 aromatic carbocycles. The fraction of sp³-hybridized carbons (Fsp3) is 0.333. The molecule has 3 heteroatoms. The number of benzene rings is 1. The molecule has 0 aliphatic carbocycles. The maximum atomic E-state index is 11.0. The molecule has 0 N–H and O–H groups in total. The zero-order valence-corrected chi connectivity index (χ0v) is 11.3. The highest BCUT2D eigenvalue weighted by atomic mass is 16.5. The molecule has 1 radical (unpaired) electrons. The van der Waals surface area contributed by atoms with Crippen LogP contribution >= 0.6 is 0 Å². The van der Waals surface area contributed by atoms with Crippen LogP contribution in [0.4, 0.5) is 0 Å². The number of hydrogen-bond donors (Lipinski definition) is 0. The van der Waals surface area contributed by atoms with Gasteiger partial charge in [0.2, 0.25) is 0 Å². The van der Waals surface area contributed by atoms with Gasteiger partial charge in [0.05, 0.1) is 6.10 Å². The van der Waals surface area contributed by atoms with E-state index < -0.39 is 0 Å². The van der Waals surface area contributed by atoms with Crippen molar-refractivity contribution in [1.82, 2.24) is 0 Å². The lowest BCUT2D eigenvalue weighted by atomic mass is 10.0. The third-order valence-corrected chi connectivity index (χ3v) is 2.27. The van der Waals surface area contributed by atoms with E-state index in [0.717, 1.165) is 11.5 Å². The Morgan fingerprint density at radius 3 is 2.33 bits per heavy atom. The summed E-state index contributed by atoms with van der Waals surface area (Å²) in [5.41, 5.74) is 0.930. The Labute approximate surface area is 108 Å². The van der Waals surface area contributed by atoms with Crippen molar-refractivity contribution in [2.45, 2.75) is 33.8 Å². The maximum Gasteiger partial charge on any atom is 0.308 e. The average molecular weight is 247 g/mol. The van der Waals surface area contributed by atoms with Gasteiger partial charge >= 0.3 is 5.97 Å². The molecule has 0 atom stereocenters. The third-order valence-electron chi connectivity index (χ3n) is 2.27. The van der Waals surface area contributed by atoms with Gasteiger partial charge < -0.3 is 9.47 Å². The summed E-state index contributed by atoms with van der Waals surface area (Å²) in [6, 6.07) is 5.41. The van der Waals surface area contributed by atoms with Crippen LogP contribution in [0, 0.1) is 5.92 Å². The van der Waals surface area contributed by atoms with Crippen LogP contribution in [0.2, 0.25) is 0 Å². The zero-order valence-electron chi connectivity index (χ0n) is 11.3. The minimum atomic E-state index is -0.348. The summed E-state index contributed by atoms with van der Waals surface area (Å²) in [4.78, 5) is 11.0. The van der Waals surface area contributed by atoms with Crippen LogP contribution in [0.5, 0.6) is 11.5 Å². The summed E-state index contributed by atoms with van der Waals surface area (Å²) >= 11 is 0. The van der Waals surface area contributed by atoms with Crippen molar-refractivity contribution in [3.8, 4) is 11.5 Å². The molecule has 0 bridgehead atoms. The minimum Gasteiger partial charge on any atom is -0.491 e. The van der Waals surface area contributed by atoms with E-state index in [2.05, 4.69) is 6.58 Å². The zero-order chi connectivity index (χ0) is 13.7. The minimum absolute atomic E-state index is 0.0643. The lowest BCUT2D eigenvalue weighted by Crippen LogP contribution is -2.07. The van der Waals surface area contributed by atoms with Crippen LogP contribution in [-0.2, 0) is 4.79 Å². The van der Waals surface area contributed by atoms with Crippen molar-refractivity contribution in [2.75, 3.05) is 0 Å². The number of ether oxygens (including phenoxy) is 2. The van der Waals surface area contributed by atoms with Crippen molar-refractivity contribution in [3.05, 3.63) is 42.3 Å². The van der Waals surface area contributed by atoms with Crippen molar-refractivity contribution in [3.63, 3.8) is 0 Å². The molecular formula is C15H19O3. The van der Waals surface area contributed by atoms with Gasteiger partial charge in [-0.2, -0.15) is 0 Å². The lowest BCUT2D eigenvalue weighted by Gasteiger charge is -2.14. The molecule has 0 amide bonds. The Balaban J connectivity index is 3.10. The monoisotopic (exact) mass is 247 g/mol. The molecular weight excluding hydrogens is 228 g/mol. The Morgan fingerprint density at radius 1 is 1.22 bits per heavy atom. The van der Waals surface area contributed by atoms with Gasteiger partial charge in [-0.1, -0.05) is 13.0 Å². The Kier molecular flexibility index (Phi) is 4.95. The van der Waals surface area contributed by atoms with E-state index in [0.29, 0.717) is 11.5 Å². The second-order valence-corrected chi connectivity index (χ2v) is 4.34. The Bertz CT molecular complexity index is 435. The van der Waals surface area contributed by atoms with E-state index in [1.165, 1.54) is 6.92 Å². The summed E-state index contributed by atoms with van der Waals surface area (Å²) in [7, 11) is 0. The summed E-state index contributed by atoms with van der Waals surface area (Å²) in [5.74, 6) is 1.81. The predicted octanol–water partition coefficient (Wildman–Crippen LogP) is 3.53. The van der Waals surface area contributed by atoms with Gasteiger partial charge in [0.1, 0.15) is 11.5 Å². The molecule has 0 fully saturated rings. The number of allylic oxidation sites excluding steroid dienone is 1. The summed E-state index contributed by atoms with van der Waals surface area (Å²) in [5, 5.41) is 0. The molecule has 3 nitrogen and oxygen atoms in total. The highest BCUT2D eigenvalue weighted by molar-refractivity contribution is 5.69. The van der Waals surface area contributed by atoms with Gasteiger partial charge in [0.25, 0.3) is 0 Å². The van der Waals surface area contributed by atoms with Crippen molar-refractivity contribution in [1.29, 1.82) is 0 Å². The van der Waals surface area contributed by atoms with Crippen LogP contribution in [0.25, 0.3) is 0 Å². The topological polar surface area (TPSA) is 35.5 Å². The molecule has 0 aliphatic rings. The van der Waals surface area contributed by atoms with Crippen molar-refractivity contribution < 1.29 is 14.3 Å². The molecule has 0 aliphatic heterocycles. The van der Waals surface area contributed by atoms with Gasteiger partial charge in [0.15, 0.2) is 0 Å². The number of hydrogen-bond acceptors (Lipinski definition) is 3. The first-order valence-corrected chi connectivity index (χ1v) is 5.89. The molecule has 97 valence electrons. The number of carbonyl (C=O) groups excluding carboxylic acids is 1. The highest BCUT2D eigenvalue weighted by Gasteiger charge is 2.10. The van der Waals surface area contributed by atoms with E-state index >= 15 is 0 Å². The molecule has 0 unspecified atom stereocenters. The molecule has 0 saturated heterocycles. The molecule has 18 heavy (non-hydrogen) atoms. The summed E-state index contributed by atoms with van der Waals surface area (Å²) in [6.07, 6.45) is 1.82. The van der Waals surface area contributed by atoms with E-state index in [1.54, 1.807) is 18.2 Å². The predicted molar refractivity (Wildman–Crippen MR) is 71.7 cm³/mol. The largest absolute Gasteiger partial charge is 0.491 e. The SMILES string of the molecule is C=C[C](C)c1cc(OC(C)=O)cc(OC(C)C)c1. The molecule has 0 saturated carbocycles. The second kappa shape index (κ2) is 6.24. The normalized spacial score (nSPS) is 10.6. The van der Waals surface area contributed by atoms with E-state index in [9.17, 15) is 4.79 Å². The van der Waals surface area contributed by atoms with Gasteiger partial charge in [-0.25, -0.2) is 0 Å². The standard InChI is InChI=1S/C15H19O3/c1-6-11(4)13-7-14(17-10(2)3)9-15(8-13)18-12(5)16/h6-10H,1H2,2-5H3. The first-order valence-electron chi connectivity index (χ1n) is 5.89. The Morgan fingerprint density at radius 2 is 1.83 bits per heavy atom. The van der Waals surface area contributed by atoms with E-state index in [1.807, 2.05) is 26.8 Å². The summed E-state index contributed by atoms with van der Waals surface area (Å²) < 4.78 is 10.7. The quantitative estimate of drug-likeness (QED) is 0.590. The first kappa shape index (κ1) is 14.3. The smallest absolute Gasteiger partial charge is 0.308 e. The second-order valence-electron chi connectivity index (χ2n) is 4.34. The molecule has 0 heterocycles. The van der Waals surface area contributed by atoms with Gasteiger partial charge in [-0.15, -0.1) is 6.58 Å². The molecule has 0 aromatic heterocycles. The lowest BCUT2D eigenvalue weighted by molar-refractivity contribution is -0.131. The number of esters is 1. The third kappa shape index (κ3) is 4.24. The van der Waals surface area contributed by atoms with Crippen molar-refractivity contribution >= 4 is 5.97 Å². The molecule has 1 aromatic rings. The van der Waals surface area contributed by atoms with Gasteiger partial charge in [-0.05, 0) is 31.5 Å². The van der Waals surface area contributed by atoms with Crippen LogP contribution in [0.1, 0.15) is 33.3 Å². The maximum absolute atomic E-state index is 11.0. The van der Waals surface area contributed by atoms with Crippen LogP contribution in [0.3, 0.4) is 0 Å². The number of carbonyl (C=O) groups is 1. The highest BCUT2D eigenvalue weighted by Crippen LogP contribution is 2.28. The first-order chi connectivity index (χ1) is 8.42. The van der Waals surface area contributed by atoms with Gasteiger partial charge in [-0.3, -0.25) is 4.79 Å². The molecule has 0 spiro atoms. The Hall–Kier alpha value is -1.77. The fourth-order valence-corrected chi connectivity index (χ4v) is 1.48. The summed E-state index contributed by atoms with van der Waals surface area (Å²) in [6.45, 7) is 10.9. The average Bonchev–Trinajstić information content (AvgIpc) is 2.25. The molecule has 1 rings (SSSR count).